The van der Waals surface area contributed by atoms with Crippen molar-refractivity contribution in [1.82, 2.24) is 0 Å². The van der Waals surface area contributed by atoms with Crippen molar-refractivity contribution in [3.8, 4) is 0 Å². The Labute approximate surface area is 68.0 Å². The van der Waals surface area contributed by atoms with E-state index in [-0.39, 0.29) is 0 Å². The second-order valence-electron chi connectivity index (χ2n) is 1.73. The number of ether oxygens (including phenoxy) is 1. The smallest absolute Gasteiger partial charge is 0.190 e. The minimum Gasteiger partial charge on any atom is -0.364 e. The fourth-order valence-corrected chi connectivity index (χ4v) is 1.60. The summed E-state index contributed by atoms with van der Waals surface area (Å²) in [5.74, 6) is 0. The summed E-state index contributed by atoms with van der Waals surface area (Å²) in [7, 11) is 1.44. The lowest BCUT2D eigenvalue weighted by molar-refractivity contribution is -0.0743. The van der Waals surface area contributed by atoms with Gasteiger partial charge in [-0.2, -0.15) is 0 Å². The maximum atomic E-state index is 9.07. The fraction of sp³-hybridized carbons (Fsp3) is 0.333. The molecule has 0 aliphatic carbocycles. The van der Waals surface area contributed by atoms with Gasteiger partial charge in [-0.15, -0.1) is 11.3 Å². The number of hydrogen-bond acceptors (Lipinski definition) is 3. The number of hydrogen-bond donors (Lipinski definition) is 1. The van der Waals surface area contributed by atoms with E-state index in [1.165, 1.54) is 18.4 Å². The maximum absolute atomic E-state index is 9.07. The van der Waals surface area contributed by atoms with Crippen LogP contribution in [0.1, 0.15) is 11.2 Å². The van der Waals surface area contributed by atoms with Gasteiger partial charge >= 0.3 is 0 Å². The van der Waals surface area contributed by atoms with Gasteiger partial charge in [-0.25, -0.2) is 0 Å². The Balaban J connectivity index is 2.74. The van der Waals surface area contributed by atoms with Crippen molar-refractivity contribution < 1.29 is 9.84 Å². The van der Waals surface area contributed by atoms with Gasteiger partial charge in [-0.1, -0.05) is 11.6 Å². The van der Waals surface area contributed by atoms with Crippen LogP contribution in [0.5, 0.6) is 0 Å². The van der Waals surface area contributed by atoms with Gasteiger partial charge in [0, 0.05) is 7.11 Å². The molecular formula is C6H7ClO2S. The number of rotatable bonds is 2. The maximum Gasteiger partial charge on any atom is 0.190 e. The van der Waals surface area contributed by atoms with Crippen LogP contribution in [0.4, 0.5) is 0 Å². The average Bonchev–Trinajstić information content (AvgIpc) is 2.34. The summed E-state index contributed by atoms with van der Waals surface area (Å²) in [6.45, 7) is 0. The molecule has 1 unspecified atom stereocenters. The number of methoxy groups -OCH3 is 1. The van der Waals surface area contributed by atoms with Gasteiger partial charge in [0.15, 0.2) is 6.29 Å². The highest BCUT2D eigenvalue weighted by Crippen LogP contribution is 2.26. The first-order valence-corrected chi connectivity index (χ1v) is 3.89. The van der Waals surface area contributed by atoms with E-state index in [2.05, 4.69) is 4.74 Å². The summed E-state index contributed by atoms with van der Waals surface area (Å²) >= 11 is 6.92. The lowest BCUT2D eigenvalue weighted by Gasteiger charge is -2.02. The summed E-state index contributed by atoms with van der Waals surface area (Å²) in [5, 5.41) is 9.07. The molecule has 0 aliphatic rings. The number of halogens is 1. The Morgan fingerprint density at radius 3 is 2.80 bits per heavy atom. The minimum atomic E-state index is -0.836. The van der Waals surface area contributed by atoms with Crippen LogP contribution in [0.3, 0.4) is 0 Å². The predicted molar refractivity (Wildman–Crippen MR) is 41.3 cm³/mol. The molecule has 0 aromatic carbocycles. The highest BCUT2D eigenvalue weighted by atomic mass is 35.5. The normalized spacial score (nSPS) is 13.5. The fourth-order valence-electron chi connectivity index (χ4n) is 0.577. The molecule has 2 nitrogen and oxygen atoms in total. The molecule has 0 saturated carbocycles. The van der Waals surface area contributed by atoms with Crippen LogP contribution in [0.25, 0.3) is 0 Å². The summed E-state index contributed by atoms with van der Waals surface area (Å²) in [6.07, 6.45) is -0.836. The van der Waals surface area contributed by atoms with Gasteiger partial charge in [0.2, 0.25) is 0 Å². The molecule has 56 valence electrons. The first kappa shape index (κ1) is 8.01. The Morgan fingerprint density at radius 2 is 2.40 bits per heavy atom. The summed E-state index contributed by atoms with van der Waals surface area (Å²) < 4.78 is 5.32. The van der Waals surface area contributed by atoms with E-state index in [0.717, 1.165) is 4.88 Å². The third-order valence-corrected chi connectivity index (χ3v) is 2.32. The molecule has 0 saturated heterocycles. The van der Waals surface area contributed by atoms with Crippen molar-refractivity contribution in [2.24, 2.45) is 0 Å². The van der Waals surface area contributed by atoms with Gasteiger partial charge in [-0.3, -0.25) is 0 Å². The Kier molecular flexibility index (Phi) is 2.68. The van der Waals surface area contributed by atoms with Crippen LogP contribution in [-0.4, -0.2) is 12.2 Å². The van der Waals surface area contributed by atoms with Gasteiger partial charge in [0.1, 0.15) is 0 Å². The molecule has 1 atom stereocenters. The molecule has 1 N–H and O–H groups in total. The van der Waals surface area contributed by atoms with E-state index >= 15 is 0 Å². The van der Waals surface area contributed by atoms with Crippen LogP contribution in [0.15, 0.2) is 12.1 Å². The first-order valence-electron chi connectivity index (χ1n) is 2.70. The lowest BCUT2D eigenvalue weighted by Crippen LogP contribution is -1.95. The van der Waals surface area contributed by atoms with Gasteiger partial charge in [-0.05, 0) is 12.1 Å². The molecule has 0 aliphatic heterocycles. The standard InChI is InChI=1S/C6H7ClO2S/c1-9-6(8)4-2-3-5(7)10-4/h2-3,6,8H,1H3. The molecule has 0 fully saturated rings. The van der Waals surface area contributed by atoms with E-state index in [9.17, 15) is 0 Å². The highest BCUT2D eigenvalue weighted by molar-refractivity contribution is 7.16. The Morgan fingerprint density at radius 1 is 1.70 bits per heavy atom. The van der Waals surface area contributed by atoms with Crippen molar-refractivity contribution in [3.63, 3.8) is 0 Å². The van der Waals surface area contributed by atoms with Crippen molar-refractivity contribution in [2.45, 2.75) is 6.29 Å². The van der Waals surface area contributed by atoms with Gasteiger partial charge in [0.05, 0.1) is 9.21 Å². The van der Waals surface area contributed by atoms with E-state index in [1.807, 2.05) is 0 Å². The van der Waals surface area contributed by atoms with E-state index in [0.29, 0.717) is 4.34 Å². The molecule has 4 heteroatoms. The summed E-state index contributed by atoms with van der Waals surface area (Å²) in [4.78, 5) is 0.729. The van der Waals surface area contributed by atoms with Crippen LogP contribution in [0, 0.1) is 0 Å². The Hall–Kier alpha value is -0.0900. The molecule has 1 aromatic heterocycles. The van der Waals surface area contributed by atoms with Crippen LogP contribution >= 0.6 is 22.9 Å². The average molecular weight is 179 g/mol. The molecule has 1 heterocycles. The molecular weight excluding hydrogens is 172 g/mol. The van der Waals surface area contributed by atoms with E-state index in [4.69, 9.17) is 16.7 Å². The molecule has 0 amide bonds. The molecule has 0 spiro atoms. The highest BCUT2D eigenvalue weighted by Gasteiger charge is 2.06. The van der Waals surface area contributed by atoms with Crippen LogP contribution in [0.2, 0.25) is 4.34 Å². The quantitative estimate of drug-likeness (QED) is 0.703. The molecule has 1 rings (SSSR count). The monoisotopic (exact) mass is 178 g/mol. The van der Waals surface area contributed by atoms with Crippen molar-refractivity contribution in [3.05, 3.63) is 21.3 Å². The van der Waals surface area contributed by atoms with Crippen molar-refractivity contribution in [2.75, 3.05) is 7.11 Å². The predicted octanol–water partition coefficient (Wildman–Crippen LogP) is 2.04. The topological polar surface area (TPSA) is 29.5 Å². The summed E-state index contributed by atoms with van der Waals surface area (Å²) in [6, 6.07) is 3.46. The number of thiophene rings is 1. The third kappa shape index (κ3) is 1.70. The van der Waals surface area contributed by atoms with Crippen LogP contribution < -0.4 is 0 Å². The molecule has 10 heavy (non-hydrogen) atoms. The molecule has 0 bridgehead atoms. The lowest BCUT2D eigenvalue weighted by atomic mass is 10.5. The zero-order chi connectivity index (χ0) is 7.56. The minimum absolute atomic E-state index is 0.658. The van der Waals surface area contributed by atoms with Crippen LogP contribution in [-0.2, 0) is 4.74 Å². The number of aliphatic hydroxyl groups is 1. The second-order valence-corrected chi connectivity index (χ2v) is 3.48. The Bertz CT molecular complexity index is 211. The zero-order valence-corrected chi connectivity index (χ0v) is 6.95. The SMILES string of the molecule is COC(O)c1ccc(Cl)s1. The number of aliphatic hydroxyl groups excluding tert-OH is 1. The van der Waals surface area contributed by atoms with Gasteiger partial charge < -0.3 is 9.84 Å². The molecule has 0 radical (unpaired) electrons. The zero-order valence-electron chi connectivity index (χ0n) is 5.37. The van der Waals surface area contributed by atoms with E-state index in [1.54, 1.807) is 12.1 Å². The third-order valence-electron chi connectivity index (χ3n) is 1.06. The van der Waals surface area contributed by atoms with E-state index < -0.39 is 6.29 Å². The summed E-state index contributed by atoms with van der Waals surface area (Å²) in [5.41, 5.74) is 0. The first-order chi connectivity index (χ1) is 4.74. The van der Waals surface area contributed by atoms with Crippen molar-refractivity contribution >= 4 is 22.9 Å². The molecule has 1 aromatic rings. The van der Waals surface area contributed by atoms with Gasteiger partial charge in [0.25, 0.3) is 0 Å². The van der Waals surface area contributed by atoms with Crippen molar-refractivity contribution in [1.29, 1.82) is 0 Å². The second kappa shape index (κ2) is 3.34. The largest absolute Gasteiger partial charge is 0.364 e.